The third kappa shape index (κ3) is 4.58. The van der Waals surface area contributed by atoms with E-state index in [1.165, 1.54) is 30.5 Å². The second kappa shape index (κ2) is 8.87. The number of halogens is 1. The van der Waals surface area contributed by atoms with Gasteiger partial charge in [-0.1, -0.05) is 36.2 Å². The number of thioether (sulfide) groups is 1. The zero-order chi connectivity index (χ0) is 21.1. The summed E-state index contributed by atoms with van der Waals surface area (Å²) >= 11 is 6.87. The van der Waals surface area contributed by atoms with Crippen LogP contribution in [-0.4, -0.2) is 31.1 Å². The lowest BCUT2D eigenvalue weighted by atomic mass is 10.2. The van der Waals surface area contributed by atoms with Crippen molar-refractivity contribution in [1.82, 2.24) is 10.3 Å². The highest BCUT2D eigenvalue weighted by molar-refractivity contribution is 8.00. The molecule has 1 saturated carbocycles. The minimum absolute atomic E-state index is 0.0203. The van der Waals surface area contributed by atoms with E-state index in [0.717, 1.165) is 37.4 Å². The Hall–Kier alpha value is -2.23. The van der Waals surface area contributed by atoms with Crippen molar-refractivity contribution in [3.05, 3.63) is 47.7 Å². The summed E-state index contributed by atoms with van der Waals surface area (Å²) in [7, 11) is -3.98. The molecule has 2 aromatic heterocycles. The van der Waals surface area contributed by atoms with Crippen molar-refractivity contribution in [3.63, 3.8) is 0 Å². The van der Waals surface area contributed by atoms with Crippen LogP contribution in [0.3, 0.4) is 0 Å². The molecule has 1 N–H and O–H groups in total. The van der Waals surface area contributed by atoms with Crippen LogP contribution in [0.4, 0.5) is 0 Å². The first-order valence-corrected chi connectivity index (χ1v) is 12.3. The Morgan fingerprint density at radius 3 is 2.60 bits per heavy atom. The predicted octanol–water partition coefficient (Wildman–Crippen LogP) is 4.57. The van der Waals surface area contributed by atoms with Crippen LogP contribution in [0.2, 0.25) is 5.02 Å². The standard InChI is InChI=1S/C20H19ClN2O5S2/c21-13-7-9-15(10-8-13)30(25,26)19-20(28-18(23-19)16-6-3-11-27-16)29-12-17(24)22-14-4-1-2-5-14/h3,6-11,14H,1-2,4-5,12H2,(H,22,24). The Kier molecular flexibility index (Phi) is 6.21. The average molecular weight is 467 g/mol. The van der Waals surface area contributed by atoms with E-state index in [4.69, 9.17) is 20.4 Å². The number of nitrogens with one attached hydrogen (secondary N) is 1. The van der Waals surface area contributed by atoms with Crippen LogP contribution in [-0.2, 0) is 14.6 Å². The van der Waals surface area contributed by atoms with Gasteiger partial charge in [0.15, 0.2) is 5.76 Å². The highest BCUT2D eigenvalue weighted by Crippen LogP contribution is 2.35. The SMILES string of the molecule is O=C(CSc1oc(-c2ccco2)nc1S(=O)(=O)c1ccc(Cl)cc1)NC1CCCC1. The number of carbonyl (C=O) groups is 1. The first-order chi connectivity index (χ1) is 14.4. The molecule has 0 aliphatic heterocycles. The van der Waals surface area contributed by atoms with Crippen LogP contribution >= 0.6 is 23.4 Å². The molecule has 1 fully saturated rings. The van der Waals surface area contributed by atoms with Crippen molar-refractivity contribution in [2.24, 2.45) is 0 Å². The Morgan fingerprint density at radius 1 is 1.20 bits per heavy atom. The van der Waals surface area contributed by atoms with Gasteiger partial charge in [0, 0.05) is 11.1 Å². The molecule has 0 atom stereocenters. The summed E-state index contributed by atoms with van der Waals surface area (Å²) in [4.78, 5) is 16.5. The van der Waals surface area contributed by atoms with E-state index >= 15 is 0 Å². The van der Waals surface area contributed by atoms with Crippen LogP contribution in [0.1, 0.15) is 25.7 Å². The maximum Gasteiger partial charge on any atom is 0.265 e. The number of carbonyl (C=O) groups excluding carboxylic acids is 1. The minimum atomic E-state index is -3.98. The van der Waals surface area contributed by atoms with Crippen LogP contribution in [0.25, 0.3) is 11.7 Å². The lowest BCUT2D eigenvalue weighted by Gasteiger charge is -2.11. The summed E-state index contributed by atoms with van der Waals surface area (Å²) in [5, 5.41) is 3.18. The molecular formula is C20H19ClN2O5S2. The third-order valence-corrected chi connectivity index (χ3v) is 7.74. The van der Waals surface area contributed by atoms with Gasteiger partial charge in [-0.3, -0.25) is 4.79 Å². The molecule has 7 nitrogen and oxygen atoms in total. The van der Waals surface area contributed by atoms with E-state index in [-0.39, 0.29) is 38.6 Å². The number of furan rings is 1. The topological polar surface area (TPSA) is 102 Å². The minimum Gasteiger partial charge on any atom is -0.459 e. The molecule has 4 rings (SSSR count). The van der Waals surface area contributed by atoms with Gasteiger partial charge in [-0.25, -0.2) is 8.42 Å². The molecule has 0 unspecified atom stereocenters. The number of rotatable bonds is 7. The second-order valence-corrected chi connectivity index (χ2v) is 10.1. The Labute approximate surface area is 183 Å². The fourth-order valence-corrected chi connectivity index (χ4v) is 5.72. The fourth-order valence-electron chi connectivity index (χ4n) is 3.25. The van der Waals surface area contributed by atoms with E-state index in [1.807, 2.05) is 0 Å². The van der Waals surface area contributed by atoms with Crippen LogP contribution in [0.5, 0.6) is 0 Å². The molecule has 158 valence electrons. The first kappa shape index (κ1) is 21.0. The molecule has 1 aliphatic carbocycles. The summed E-state index contributed by atoms with van der Waals surface area (Å²) in [5.41, 5.74) is 0. The molecule has 10 heteroatoms. The van der Waals surface area contributed by atoms with Gasteiger partial charge < -0.3 is 14.2 Å². The summed E-state index contributed by atoms with van der Waals surface area (Å²) in [6.07, 6.45) is 5.59. The Balaban J connectivity index is 1.61. The predicted molar refractivity (Wildman–Crippen MR) is 112 cm³/mol. The molecule has 0 bridgehead atoms. The summed E-state index contributed by atoms with van der Waals surface area (Å²) < 4.78 is 37.3. The van der Waals surface area contributed by atoms with Gasteiger partial charge in [-0.2, -0.15) is 4.98 Å². The number of benzene rings is 1. The molecule has 1 aromatic carbocycles. The number of oxazole rings is 1. The van der Waals surface area contributed by atoms with Crippen molar-refractivity contribution in [2.75, 3.05) is 5.75 Å². The summed E-state index contributed by atoms with van der Waals surface area (Å²) in [6.45, 7) is 0. The Morgan fingerprint density at radius 2 is 1.93 bits per heavy atom. The van der Waals surface area contributed by atoms with E-state index in [1.54, 1.807) is 12.1 Å². The zero-order valence-corrected chi connectivity index (χ0v) is 18.2. The second-order valence-electron chi connectivity index (χ2n) is 6.88. The molecule has 0 spiro atoms. The first-order valence-electron chi connectivity index (χ1n) is 9.41. The van der Waals surface area contributed by atoms with Crippen molar-refractivity contribution in [3.8, 4) is 11.7 Å². The average Bonchev–Trinajstić information content (AvgIpc) is 3.47. The van der Waals surface area contributed by atoms with E-state index in [9.17, 15) is 13.2 Å². The highest BCUT2D eigenvalue weighted by Gasteiger charge is 2.30. The quantitative estimate of drug-likeness (QED) is 0.508. The fraction of sp³-hybridized carbons (Fsp3) is 0.300. The molecular weight excluding hydrogens is 448 g/mol. The van der Waals surface area contributed by atoms with Gasteiger partial charge in [-0.15, -0.1) is 0 Å². The normalized spacial score (nSPS) is 14.8. The monoisotopic (exact) mass is 466 g/mol. The van der Waals surface area contributed by atoms with Crippen molar-refractivity contribution in [1.29, 1.82) is 0 Å². The number of amides is 1. The summed E-state index contributed by atoms with van der Waals surface area (Å²) in [6, 6.07) is 9.23. The van der Waals surface area contributed by atoms with Crippen LogP contribution < -0.4 is 5.32 Å². The van der Waals surface area contributed by atoms with Gasteiger partial charge >= 0.3 is 0 Å². The van der Waals surface area contributed by atoms with Crippen molar-refractivity contribution in [2.45, 2.75) is 46.7 Å². The molecule has 2 heterocycles. The Bertz CT molecular complexity index is 1120. The summed E-state index contributed by atoms with van der Waals surface area (Å²) in [5.74, 6) is 0.181. The third-order valence-electron chi connectivity index (χ3n) is 4.73. The molecule has 30 heavy (non-hydrogen) atoms. The number of sulfone groups is 1. The molecule has 1 aliphatic rings. The van der Waals surface area contributed by atoms with Crippen molar-refractivity contribution >= 4 is 39.1 Å². The number of nitrogens with zero attached hydrogens (tertiary/aromatic N) is 1. The van der Waals surface area contributed by atoms with Gasteiger partial charge in [-0.05, 0) is 49.2 Å². The van der Waals surface area contributed by atoms with Crippen molar-refractivity contribution < 1.29 is 22.0 Å². The number of aromatic nitrogens is 1. The van der Waals surface area contributed by atoms with Gasteiger partial charge in [0.05, 0.1) is 16.9 Å². The molecule has 3 aromatic rings. The highest BCUT2D eigenvalue weighted by atomic mass is 35.5. The van der Waals surface area contributed by atoms with E-state index < -0.39 is 9.84 Å². The van der Waals surface area contributed by atoms with E-state index in [0.29, 0.717) is 10.8 Å². The molecule has 0 radical (unpaired) electrons. The molecule has 1 amide bonds. The molecule has 0 saturated heterocycles. The zero-order valence-electron chi connectivity index (χ0n) is 15.8. The number of hydrogen-bond acceptors (Lipinski definition) is 7. The maximum atomic E-state index is 13.2. The van der Waals surface area contributed by atoms with Crippen LogP contribution in [0, 0.1) is 0 Å². The lowest BCUT2D eigenvalue weighted by molar-refractivity contribution is -0.119. The largest absolute Gasteiger partial charge is 0.459 e. The smallest absolute Gasteiger partial charge is 0.265 e. The van der Waals surface area contributed by atoms with Gasteiger partial charge in [0.25, 0.3) is 5.89 Å². The van der Waals surface area contributed by atoms with Gasteiger partial charge in [0.1, 0.15) is 0 Å². The van der Waals surface area contributed by atoms with Crippen LogP contribution in [0.15, 0.2) is 66.5 Å². The number of hydrogen-bond donors (Lipinski definition) is 1. The lowest BCUT2D eigenvalue weighted by Crippen LogP contribution is -2.33. The maximum absolute atomic E-state index is 13.2. The van der Waals surface area contributed by atoms with E-state index in [2.05, 4.69) is 10.3 Å². The van der Waals surface area contributed by atoms with Gasteiger partial charge in [0.2, 0.25) is 25.9 Å².